The van der Waals surface area contributed by atoms with E-state index < -0.39 is 0 Å². The van der Waals surface area contributed by atoms with E-state index in [1.807, 2.05) is 25.1 Å². The first kappa shape index (κ1) is 15.3. The highest BCUT2D eigenvalue weighted by Gasteiger charge is 2.18. The standard InChI is InChI=1S/C18H22N4O/c1-2-18(23)20-15-8-9-17(19-14-15)22-12-10-21(11-13-22)16-6-4-3-5-7-16/h3-9,14H,2,10-13H2,1H3,(H,20,23). The molecule has 0 unspecified atom stereocenters. The molecule has 1 amide bonds. The van der Waals surface area contributed by atoms with E-state index in [2.05, 4.69) is 44.4 Å². The van der Waals surface area contributed by atoms with Crippen molar-refractivity contribution in [2.24, 2.45) is 0 Å². The maximum atomic E-state index is 11.4. The summed E-state index contributed by atoms with van der Waals surface area (Å²) < 4.78 is 0. The van der Waals surface area contributed by atoms with Gasteiger partial charge in [0.1, 0.15) is 5.82 Å². The first-order valence-corrected chi connectivity index (χ1v) is 8.07. The van der Waals surface area contributed by atoms with Crippen LogP contribution in [0.4, 0.5) is 17.2 Å². The minimum absolute atomic E-state index is 0.0102. The number of rotatable bonds is 4. The fourth-order valence-corrected chi connectivity index (χ4v) is 2.73. The molecule has 1 aromatic heterocycles. The average Bonchev–Trinajstić information content (AvgIpc) is 2.63. The van der Waals surface area contributed by atoms with Gasteiger partial charge in [0.15, 0.2) is 0 Å². The van der Waals surface area contributed by atoms with Gasteiger partial charge in [-0.3, -0.25) is 4.79 Å². The topological polar surface area (TPSA) is 48.5 Å². The fourth-order valence-electron chi connectivity index (χ4n) is 2.73. The highest BCUT2D eigenvalue weighted by Crippen LogP contribution is 2.20. The average molecular weight is 310 g/mol. The molecule has 1 saturated heterocycles. The summed E-state index contributed by atoms with van der Waals surface area (Å²) in [7, 11) is 0. The van der Waals surface area contributed by atoms with Crippen molar-refractivity contribution in [2.75, 3.05) is 41.3 Å². The second-order valence-corrected chi connectivity index (χ2v) is 5.62. The van der Waals surface area contributed by atoms with Crippen LogP contribution in [0.5, 0.6) is 0 Å². The Kier molecular flexibility index (Phi) is 4.76. The number of hydrogen-bond donors (Lipinski definition) is 1. The Hall–Kier alpha value is -2.56. The minimum atomic E-state index is 0.0102. The number of para-hydroxylation sites is 1. The van der Waals surface area contributed by atoms with Crippen molar-refractivity contribution in [3.8, 4) is 0 Å². The van der Waals surface area contributed by atoms with E-state index in [1.165, 1.54) is 5.69 Å². The normalized spacial score (nSPS) is 14.7. The van der Waals surface area contributed by atoms with Crippen molar-refractivity contribution >= 4 is 23.1 Å². The van der Waals surface area contributed by atoms with E-state index in [9.17, 15) is 4.79 Å². The first-order chi connectivity index (χ1) is 11.3. The smallest absolute Gasteiger partial charge is 0.224 e. The summed E-state index contributed by atoms with van der Waals surface area (Å²) in [6.45, 7) is 5.70. The number of benzene rings is 1. The molecule has 0 atom stereocenters. The van der Waals surface area contributed by atoms with Crippen molar-refractivity contribution in [2.45, 2.75) is 13.3 Å². The molecule has 1 aliphatic rings. The quantitative estimate of drug-likeness (QED) is 0.943. The molecule has 1 aliphatic heterocycles. The van der Waals surface area contributed by atoms with Gasteiger partial charge < -0.3 is 15.1 Å². The number of carbonyl (C=O) groups is 1. The Morgan fingerprint density at radius 3 is 2.35 bits per heavy atom. The van der Waals surface area contributed by atoms with Crippen LogP contribution < -0.4 is 15.1 Å². The van der Waals surface area contributed by atoms with Gasteiger partial charge in [0.05, 0.1) is 11.9 Å². The van der Waals surface area contributed by atoms with Gasteiger partial charge in [0.2, 0.25) is 5.91 Å². The van der Waals surface area contributed by atoms with Gasteiger partial charge in [-0.1, -0.05) is 25.1 Å². The van der Waals surface area contributed by atoms with Crippen molar-refractivity contribution in [1.29, 1.82) is 0 Å². The third-order valence-electron chi connectivity index (χ3n) is 4.08. The molecule has 2 heterocycles. The zero-order chi connectivity index (χ0) is 16.1. The maximum Gasteiger partial charge on any atom is 0.224 e. The number of piperazine rings is 1. The van der Waals surface area contributed by atoms with Gasteiger partial charge in [0.25, 0.3) is 0 Å². The molecule has 5 heteroatoms. The molecule has 0 radical (unpaired) electrons. The van der Waals surface area contributed by atoms with Gasteiger partial charge in [-0.25, -0.2) is 4.98 Å². The Bertz CT molecular complexity index is 634. The van der Waals surface area contributed by atoms with Crippen LogP contribution in [0, 0.1) is 0 Å². The zero-order valence-electron chi connectivity index (χ0n) is 13.4. The number of hydrogen-bond acceptors (Lipinski definition) is 4. The van der Waals surface area contributed by atoms with E-state index in [0.29, 0.717) is 6.42 Å². The molecule has 2 aromatic rings. The molecule has 3 rings (SSSR count). The number of pyridine rings is 1. The number of carbonyl (C=O) groups excluding carboxylic acids is 1. The van der Waals surface area contributed by atoms with Gasteiger partial charge >= 0.3 is 0 Å². The van der Waals surface area contributed by atoms with Gasteiger partial charge in [-0.15, -0.1) is 0 Å². The summed E-state index contributed by atoms with van der Waals surface area (Å²) in [5.41, 5.74) is 2.03. The summed E-state index contributed by atoms with van der Waals surface area (Å²) in [5, 5.41) is 2.82. The SMILES string of the molecule is CCC(=O)Nc1ccc(N2CCN(c3ccccc3)CC2)nc1. The van der Waals surface area contributed by atoms with Crippen LogP contribution in [0.25, 0.3) is 0 Å². The molecule has 0 saturated carbocycles. The first-order valence-electron chi connectivity index (χ1n) is 8.07. The molecule has 23 heavy (non-hydrogen) atoms. The van der Waals surface area contributed by atoms with E-state index in [-0.39, 0.29) is 5.91 Å². The van der Waals surface area contributed by atoms with Gasteiger partial charge in [-0.2, -0.15) is 0 Å². The Morgan fingerprint density at radius 2 is 1.74 bits per heavy atom. The van der Waals surface area contributed by atoms with Crippen LogP contribution in [0.1, 0.15) is 13.3 Å². The predicted molar refractivity (Wildman–Crippen MR) is 94.0 cm³/mol. The number of nitrogens with zero attached hydrogens (tertiary/aromatic N) is 3. The summed E-state index contributed by atoms with van der Waals surface area (Å²) in [4.78, 5) is 20.5. The lowest BCUT2D eigenvalue weighted by molar-refractivity contribution is -0.115. The summed E-state index contributed by atoms with van der Waals surface area (Å²) in [5.74, 6) is 0.975. The second kappa shape index (κ2) is 7.13. The highest BCUT2D eigenvalue weighted by molar-refractivity contribution is 5.90. The molecule has 1 N–H and O–H groups in total. The van der Waals surface area contributed by atoms with Crippen LogP contribution in [0.3, 0.4) is 0 Å². The lowest BCUT2D eigenvalue weighted by atomic mass is 10.2. The van der Waals surface area contributed by atoms with E-state index >= 15 is 0 Å². The molecule has 0 aliphatic carbocycles. The summed E-state index contributed by atoms with van der Waals surface area (Å²) in [6.07, 6.45) is 2.20. The van der Waals surface area contributed by atoms with Crippen LogP contribution in [0.2, 0.25) is 0 Å². The van der Waals surface area contributed by atoms with E-state index in [0.717, 1.165) is 37.7 Å². The second-order valence-electron chi connectivity index (χ2n) is 5.62. The summed E-state index contributed by atoms with van der Waals surface area (Å²) in [6, 6.07) is 14.4. The number of aromatic nitrogens is 1. The van der Waals surface area contributed by atoms with Crippen LogP contribution in [-0.2, 0) is 4.79 Å². The van der Waals surface area contributed by atoms with Crippen LogP contribution in [0.15, 0.2) is 48.7 Å². The van der Waals surface area contributed by atoms with E-state index in [1.54, 1.807) is 6.20 Å². The Balaban J connectivity index is 1.58. The lowest BCUT2D eigenvalue weighted by Gasteiger charge is -2.36. The Morgan fingerprint density at radius 1 is 1.04 bits per heavy atom. The zero-order valence-corrected chi connectivity index (χ0v) is 13.4. The Labute approximate surface area is 136 Å². The molecule has 0 spiro atoms. The third kappa shape index (κ3) is 3.80. The molecule has 0 bridgehead atoms. The molecule has 5 nitrogen and oxygen atoms in total. The van der Waals surface area contributed by atoms with Gasteiger partial charge in [-0.05, 0) is 24.3 Å². The summed E-state index contributed by atoms with van der Waals surface area (Å²) >= 11 is 0. The molecule has 120 valence electrons. The third-order valence-corrected chi connectivity index (χ3v) is 4.08. The van der Waals surface area contributed by atoms with Crippen molar-refractivity contribution in [1.82, 2.24) is 4.98 Å². The number of anilines is 3. The minimum Gasteiger partial charge on any atom is -0.368 e. The molecular weight excluding hydrogens is 288 g/mol. The number of nitrogens with one attached hydrogen (secondary N) is 1. The fraction of sp³-hybridized carbons (Fsp3) is 0.333. The van der Waals surface area contributed by atoms with Crippen LogP contribution in [-0.4, -0.2) is 37.1 Å². The lowest BCUT2D eigenvalue weighted by Crippen LogP contribution is -2.46. The molecule has 1 aromatic carbocycles. The highest BCUT2D eigenvalue weighted by atomic mass is 16.1. The van der Waals surface area contributed by atoms with Gasteiger partial charge in [0, 0.05) is 38.3 Å². The molecule has 1 fully saturated rings. The largest absolute Gasteiger partial charge is 0.368 e. The number of amides is 1. The van der Waals surface area contributed by atoms with Crippen molar-refractivity contribution in [3.05, 3.63) is 48.7 Å². The van der Waals surface area contributed by atoms with Crippen molar-refractivity contribution < 1.29 is 4.79 Å². The predicted octanol–water partition coefficient (Wildman–Crippen LogP) is 2.76. The molecular formula is C18H22N4O. The van der Waals surface area contributed by atoms with Crippen molar-refractivity contribution in [3.63, 3.8) is 0 Å². The van der Waals surface area contributed by atoms with E-state index in [4.69, 9.17) is 0 Å². The van der Waals surface area contributed by atoms with Crippen LogP contribution >= 0.6 is 0 Å². The maximum absolute atomic E-state index is 11.4. The monoisotopic (exact) mass is 310 g/mol.